The summed E-state index contributed by atoms with van der Waals surface area (Å²) in [5.41, 5.74) is 2.14. The molecule has 4 rings (SSSR count). The predicted molar refractivity (Wildman–Crippen MR) is 106 cm³/mol. The average molecular weight is 381 g/mol. The van der Waals surface area contributed by atoms with Crippen LogP contribution in [0.3, 0.4) is 0 Å². The van der Waals surface area contributed by atoms with Crippen LogP contribution >= 0.6 is 11.3 Å². The summed E-state index contributed by atoms with van der Waals surface area (Å²) in [4.78, 5) is 43.0. The Morgan fingerprint density at radius 1 is 1.19 bits per heavy atom. The van der Waals surface area contributed by atoms with Crippen molar-refractivity contribution in [3.8, 4) is 0 Å². The van der Waals surface area contributed by atoms with Crippen molar-refractivity contribution in [3.63, 3.8) is 0 Å². The monoisotopic (exact) mass is 381 g/mol. The Morgan fingerprint density at radius 3 is 2.67 bits per heavy atom. The summed E-state index contributed by atoms with van der Waals surface area (Å²) >= 11 is 1.60. The number of hydrogen-bond acceptors (Lipinski definition) is 5. The molecule has 0 atom stereocenters. The van der Waals surface area contributed by atoms with E-state index < -0.39 is 0 Å². The second kappa shape index (κ2) is 7.08. The van der Waals surface area contributed by atoms with E-state index in [0.29, 0.717) is 16.6 Å². The standard InChI is InChI=1S/C20H19N3O3S/c1-12(24)13-6-8-14(9-7-13)22-17(25)10-23-11-21-19-18(20(23)26)15-4-2-3-5-16(15)27-19/h6-9,11H,2-5,10H2,1H3,(H,22,25). The highest BCUT2D eigenvalue weighted by Crippen LogP contribution is 2.33. The maximum absolute atomic E-state index is 12.9. The van der Waals surface area contributed by atoms with Gasteiger partial charge in [0.15, 0.2) is 5.78 Å². The third-order valence-electron chi connectivity index (χ3n) is 4.83. The molecular weight excluding hydrogens is 362 g/mol. The van der Waals surface area contributed by atoms with Crippen molar-refractivity contribution in [2.45, 2.75) is 39.2 Å². The number of nitrogens with zero attached hydrogens (tertiary/aromatic N) is 2. The molecule has 1 N–H and O–H groups in total. The zero-order chi connectivity index (χ0) is 19.0. The number of aromatic nitrogens is 2. The molecular formula is C20H19N3O3S. The Balaban J connectivity index is 1.56. The van der Waals surface area contributed by atoms with E-state index >= 15 is 0 Å². The summed E-state index contributed by atoms with van der Waals surface area (Å²) in [6, 6.07) is 6.67. The number of ketones is 1. The van der Waals surface area contributed by atoms with Gasteiger partial charge in [-0.3, -0.25) is 19.0 Å². The summed E-state index contributed by atoms with van der Waals surface area (Å²) < 4.78 is 1.36. The van der Waals surface area contributed by atoms with Gasteiger partial charge in [0, 0.05) is 16.1 Å². The highest BCUT2D eigenvalue weighted by atomic mass is 32.1. The van der Waals surface area contributed by atoms with Gasteiger partial charge in [0.1, 0.15) is 11.4 Å². The number of hydrogen-bond donors (Lipinski definition) is 1. The molecule has 1 aromatic carbocycles. The number of Topliss-reactive ketones (excluding diaryl/α,β-unsaturated/α-hetero) is 1. The molecule has 6 nitrogen and oxygen atoms in total. The zero-order valence-corrected chi connectivity index (χ0v) is 15.8. The molecule has 0 fully saturated rings. The smallest absolute Gasteiger partial charge is 0.262 e. The lowest BCUT2D eigenvalue weighted by molar-refractivity contribution is -0.116. The summed E-state index contributed by atoms with van der Waals surface area (Å²) in [6.07, 6.45) is 5.60. The third-order valence-corrected chi connectivity index (χ3v) is 6.03. The van der Waals surface area contributed by atoms with Gasteiger partial charge in [0.2, 0.25) is 5.91 Å². The minimum atomic E-state index is -0.307. The minimum absolute atomic E-state index is 0.0297. The topological polar surface area (TPSA) is 81.1 Å². The van der Waals surface area contributed by atoms with Crippen LogP contribution in [0.15, 0.2) is 35.4 Å². The lowest BCUT2D eigenvalue weighted by atomic mass is 9.97. The van der Waals surface area contributed by atoms with Crippen molar-refractivity contribution in [2.24, 2.45) is 0 Å². The number of amides is 1. The largest absolute Gasteiger partial charge is 0.325 e. The molecule has 0 aliphatic heterocycles. The van der Waals surface area contributed by atoms with Crippen LogP contribution in [-0.2, 0) is 24.2 Å². The van der Waals surface area contributed by atoms with Crippen LogP contribution < -0.4 is 10.9 Å². The van der Waals surface area contributed by atoms with E-state index in [2.05, 4.69) is 10.3 Å². The van der Waals surface area contributed by atoms with Crippen molar-refractivity contribution < 1.29 is 9.59 Å². The number of fused-ring (bicyclic) bond motifs is 3. The van der Waals surface area contributed by atoms with Crippen LogP contribution in [0.4, 0.5) is 5.69 Å². The van der Waals surface area contributed by atoms with Gasteiger partial charge >= 0.3 is 0 Å². The third kappa shape index (κ3) is 3.42. The number of rotatable bonds is 4. The van der Waals surface area contributed by atoms with Crippen LogP contribution in [0.5, 0.6) is 0 Å². The maximum atomic E-state index is 12.9. The Hall–Kier alpha value is -2.80. The zero-order valence-electron chi connectivity index (χ0n) is 14.9. The Kier molecular flexibility index (Phi) is 4.61. The molecule has 27 heavy (non-hydrogen) atoms. The van der Waals surface area contributed by atoms with E-state index in [1.54, 1.807) is 35.6 Å². The van der Waals surface area contributed by atoms with Crippen LogP contribution in [0.25, 0.3) is 10.2 Å². The number of benzene rings is 1. The molecule has 0 spiro atoms. The first kappa shape index (κ1) is 17.6. The number of carbonyl (C=O) groups is 2. The molecule has 7 heteroatoms. The van der Waals surface area contributed by atoms with Crippen LogP contribution in [0, 0.1) is 0 Å². The van der Waals surface area contributed by atoms with Gasteiger partial charge in [-0.2, -0.15) is 0 Å². The van der Waals surface area contributed by atoms with E-state index in [1.807, 2.05) is 0 Å². The normalized spacial score (nSPS) is 13.4. The summed E-state index contributed by atoms with van der Waals surface area (Å²) in [5, 5.41) is 3.43. The number of aryl methyl sites for hydroxylation is 2. The molecule has 0 saturated carbocycles. The van der Waals surface area contributed by atoms with E-state index in [1.165, 1.54) is 22.7 Å². The SMILES string of the molecule is CC(=O)c1ccc(NC(=O)Cn2cnc3sc4c(c3c2=O)CCCC4)cc1. The molecule has 1 aliphatic rings. The first-order valence-electron chi connectivity index (χ1n) is 8.93. The van der Waals surface area contributed by atoms with Crippen molar-refractivity contribution in [1.29, 1.82) is 0 Å². The predicted octanol–water partition coefficient (Wildman–Crippen LogP) is 3.18. The van der Waals surface area contributed by atoms with Crippen molar-refractivity contribution in [1.82, 2.24) is 9.55 Å². The minimum Gasteiger partial charge on any atom is -0.325 e. The lowest BCUT2D eigenvalue weighted by Crippen LogP contribution is -2.28. The van der Waals surface area contributed by atoms with E-state index in [4.69, 9.17) is 0 Å². The van der Waals surface area contributed by atoms with Crippen molar-refractivity contribution in [2.75, 3.05) is 5.32 Å². The molecule has 1 amide bonds. The molecule has 0 radical (unpaired) electrons. The van der Waals surface area contributed by atoms with Crippen LogP contribution in [0.1, 0.15) is 40.6 Å². The van der Waals surface area contributed by atoms with E-state index in [0.717, 1.165) is 36.1 Å². The Bertz CT molecular complexity index is 1100. The molecule has 2 heterocycles. The first-order valence-corrected chi connectivity index (χ1v) is 9.75. The van der Waals surface area contributed by atoms with Gasteiger partial charge in [0.05, 0.1) is 11.7 Å². The fourth-order valence-corrected chi connectivity index (χ4v) is 4.66. The average Bonchev–Trinajstić information content (AvgIpc) is 3.04. The number of anilines is 1. The molecule has 138 valence electrons. The molecule has 3 aromatic rings. The molecule has 1 aliphatic carbocycles. The van der Waals surface area contributed by atoms with Crippen LogP contribution in [-0.4, -0.2) is 21.2 Å². The maximum Gasteiger partial charge on any atom is 0.262 e. The fourth-order valence-electron chi connectivity index (χ4n) is 3.44. The van der Waals surface area contributed by atoms with Crippen molar-refractivity contribution in [3.05, 3.63) is 57.0 Å². The number of carbonyl (C=O) groups excluding carboxylic acids is 2. The molecule has 0 saturated heterocycles. The number of nitrogens with one attached hydrogen (secondary N) is 1. The molecule has 0 bridgehead atoms. The molecule has 2 aromatic heterocycles. The summed E-state index contributed by atoms with van der Waals surface area (Å²) in [5.74, 6) is -0.337. The first-order chi connectivity index (χ1) is 13.0. The second-order valence-electron chi connectivity index (χ2n) is 6.75. The lowest BCUT2D eigenvalue weighted by Gasteiger charge is -2.10. The van der Waals surface area contributed by atoms with E-state index in [9.17, 15) is 14.4 Å². The fraction of sp³-hybridized carbons (Fsp3) is 0.300. The van der Waals surface area contributed by atoms with E-state index in [-0.39, 0.29) is 23.8 Å². The van der Waals surface area contributed by atoms with Gasteiger partial charge in [-0.05, 0) is 62.4 Å². The second-order valence-corrected chi connectivity index (χ2v) is 7.83. The molecule has 0 unspecified atom stereocenters. The highest BCUT2D eigenvalue weighted by molar-refractivity contribution is 7.18. The summed E-state index contributed by atoms with van der Waals surface area (Å²) in [7, 11) is 0. The Labute approximate surface area is 159 Å². The van der Waals surface area contributed by atoms with Crippen molar-refractivity contribution >= 4 is 38.9 Å². The Morgan fingerprint density at radius 2 is 1.93 bits per heavy atom. The van der Waals surface area contributed by atoms with Gasteiger partial charge in [-0.25, -0.2) is 4.98 Å². The summed E-state index contributed by atoms with van der Waals surface area (Å²) in [6.45, 7) is 1.40. The van der Waals surface area contributed by atoms with Crippen LogP contribution in [0.2, 0.25) is 0 Å². The highest BCUT2D eigenvalue weighted by Gasteiger charge is 2.20. The van der Waals surface area contributed by atoms with Gasteiger partial charge in [0.25, 0.3) is 5.56 Å². The van der Waals surface area contributed by atoms with Gasteiger partial charge in [-0.15, -0.1) is 11.3 Å². The van der Waals surface area contributed by atoms with Gasteiger partial charge in [-0.1, -0.05) is 0 Å². The quantitative estimate of drug-likeness (QED) is 0.704. The van der Waals surface area contributed by atoms with Gasteiger partial charge < -0.3 is 5.32 Å². The number of thiophene rings is 1.